The maximum absolute atomic E-state index is 13.2. The Morgan fingerprint density at radius 2 is 2.06 bits per heavy atom. The number of carbonyl (C=O) groups is 1. The Labute approximate surface area is 198 Å². The molecule has 4 aromatic rings. The van der Waals surface area contributed by atoms with Gasteiger partial charge in [0, 0.05) is 16.0 Å². The first kappa shape index (κ1) is 22.7. The number of halogens is 1. The van der Waals surface area contributed by atoms with E-state index >= 15 is 0 Å². The number of furan rings is 1. The van der Waals surface area contributed by atoms with Crippen molar-refractivity contribution in [1.82, 2.24) is 9.66 Å². The number of nitrogens with zero attached hydrogens (tertiary/aromatic N) is 3. The van der Waals surface area contributed by atoms with Crippen molar-refractivity contribution in [3.05, 3.63) is 86.1 Å². The molecule has 0 aliphatic rings. The first-order valence-electron chi connectivity index (χ1n) is 10.5. The van der Waals surface area contributed by atoms with Crippen molar-refractivity contribution >= 4 is 39.0 Å². The summed E-state index contributed by atoms with van der Waals surface area (Å²) >= 11 is 3.41. The highest BCUT2D eigenvalue weighted by molar-refractivity contribution is 9.10. The number of aromatic nitrogens is 2. The van der Waals surface area contributed by atoms with Gasteiger partial charge in [-0.25, -0.2) is 9.78 Å². The van der Waals surface area contributed by atoms with Crippen molar-refractivity contribution < 1.29 is 14.3 Å². The van der Waals surface area contributed by atoms with Gasteiger partial charge < -0.3 is 9.52 Å². The molecule has 0 aliphatic heterocycles. The summed E-state index contributed by atoms with van der Waals surface area (Å²) in [6.45, 7) is 5.77. The minimum atomic E-state index is -0.991. The Hall–Kier alpha value is -3.52. The molecular weight excluding hydrogens is 486 g/mol. The molecule has 4 rings (SSSR count). The lowest BCUT2D eigenvalue weighted by Crippen LogP contribution is -2.23. The zero-order valence-electron chi connectivity index (χ0n) is 18.4. The predicted octanol–water partition coefficient (Wildman–Crippen LogP) is 5.82. The first-order chi connectivity index (χ1) is 15.8. The average Bonchev–Trinajstić information content (AvgIpc) is 3.26. The molecule has 2 aromatic carbocycles. The number of hydrogen-bond donors (Lipinski definition) is 1. The molecule has 168 valence electrons. The second-order valence-corrected chi connectivity index (χ2v) is 8.70. The quantitative estimate of drug-likeness (QED) is 0.331. The predicted molar refractivity (Wildman–Crippen MR) is 131 cm³/mol. The summed E-state index contributed by atoms with van der Waals surface area (Å²) in [7, 11) is 0. The average molecular weight is 508 g/mol. The third kappa shape index (κ3) is 4.39. The highest BCUT2D eigenvalue weighted by Crippen LogP contribution is 2.27. The molecule has 1 atom stereocenters. The van der Waals surface area contributed by atoms with Crippen molar-refractivity contribution in [1.29, 1.82) is 0 Å². The van der Waals surface area contributed by atoms with E-state index < -0.39 is 5.97 Å². The Bertz CT molecular complexity index is 1450. The van der Waals surface area contributed by atoms with Gasteiger partial charge in [-0.2, -0.15) is 9.78 Å². The summed E-state index contributed by atoms with van der Waals surface area (Å²) in [6.07, 6.45) is 2.27. The highest BCUT2D eigenvalue weighted by Gasteiger charge is 2.16. The smallest absolute Gasteiger partial charge is 0.335 e. The minimum Gasteiger partial charge on any atom is -0.478 e. The van der Waals surface area contributed by atoms with E-state index in [1.54, 1.807) is 43.3 Å². The van der Waals surface area contributed by atoms with E-state index in [9.17, 15) is 14.7 Å². The standard InChI is InChI=1S/C25H22BrN3O4/c1-4-14(2)23-28-21-10-8-16(26)12-20(21)24(30)29(23)27-13-17-9-11-22(33-17)18-6-5-7-19(15(18)3)25(31)32/h5-14H,4H2,1-3H3,(H,31,32)/t14-/m1/s1. The first-order valence-corrected chi connectivity index (χ1v) is 11.3. The Balaban J connectivity index is 1.76. The largest absolute Gasteiger partial charge is 0.478 e. The summed E-state index contributed by atoms with van der Waals surface area (Å²) in [6, 6.07) is 13.9. The Morgan fingerprint density at radius 3 is 2.79 bits per heavy atom. The molecule has 33 heavy (non-hydrogen) atoms. The summed E-state index contributed by atoms with van der Waals surface area (Å²) < 4.78 is 8.00. The maximum Gasteiger partial charge on any atom is 0.335 e. The van der Waals surface area contributed by atoms with Gasteiger partial charge >= 0.3 is 5.97 Å². The summed E-state index contributed by atoms with van der Waals surface area (Å²) in [5, 5.41) is 14.2. The number of rotatable bonds is 6. The van der Waals surface area contributed by atoms with Crippen molar-refractivity contribution in [3.8, 4) is 11.3 Å². The minimum absolute atomic E-state index is 0.0245. The lowest BCUT2D eigenvalue weighted by atomic mass is 10.0. The van der Waals surface area contributed by atoms with Crippen molar-refractivity contribution in [3.63, 3.8) is 0 Å². The van der Waals surface area contributed by atoms with E-state index in [0.29, 0.717) is 39.4 Å². The maximum atomic E-state index is 13.2. The van der Waals surface area contributed by atoms with Gasteiger partial charge in [-0.3, -0.25) is 4.79 Å². The van der Waals surface area contributed by atoms with Crippen LogP contribution >= 0.6 is 15.9 Å². The van der Waals surface area contributed by atoms with Gasteiger partial charge in [-0.1, -0.05) is 41.9 Å². The molecular formula is C25H22BrN3O4. The Kier molecular flexibility index (Phi) is 6.29. The fourth-order valence-electron chi connectivity index (χ4n) is 3.59. The van der Waals surface area contributed by atoms with E-state index in [4.69, 9.17) is 9.40 Å². The summed E-state index contributed by atoms with van der Waals surface area (Å²) in [5.41, 5.74) is 1.88. The van der Waals surface area contributed by atoms with Crippen LogP contribution in [0.4, 0.5) is 0 Å². The van der Waals surface area contributed by atoms with Crippen LogP contribution in [-0.4, -0.2) is 27.0 Å². The molecule has 0 amide bonds. The zero-order chi connectivity index (χ0) is 23.7. The van der Waals surface area contributed by atoms with Gasteiger partial charge in [0.05, 0.1) is 22.7 Å². The van der Waals surface area contributed by atoms with Crippen LogP contribution in [0.3, 0.4) is 0 Å². The van der Waals surface area contributed by atoms with Crippen LogP contribution in [-0.2, 0) is 0 Å². The van der Waals surface area contributed by atoms with Crippen molar-refractivity contribution in [2.75, 3.05) is 0 Å². The lowest BCUT2D eigenvalue weighted by Gasteiger charge is -2.13. The number of carboxylic acids is 1. The number of benzene rings is 2. The van der Waals surface area contributed by atoms with Gasteiger partial charge in [0.1, 0.15) is 17.3 Å². The van der Waals surface area contributed by atoms with Gasteiger partial charge in [-0.05, 0) is 55.3 Å². The summed E-state index contributed by atoms with van der Waals surface area (Å²) in [4.78, 5) is 29.3. The zero-order valence-corrected chi connectivity index (χ0v) is 20.0. The topological polar surface area (TPSA) is 97.7 Å². The van der Waals surface area contributed by atoms with E-state index in [2.05, 4.69) is 21.0 Å². The van der Waals surface area contributed by atoms with Crippen LogP contribution in [0.1, 0.15) is 53.7 Å². The fraction of sp³-hybridized carbons (Fsp3) is 0.200. The Morgan fingerprint density at radius 1 is 1.27 bits per heavy atom. The van der Waals surface area contributed by atoms with E-state index in [0.717, 1.165) is 10.9 Å². The van der Waals surface area contributed by atoms with Crippen molar-refractivity contribution in [2.24, 2.45) is 5.10 Å². The summed E-state index contributed by atoms with van der Waals surface area (Å²) in [5.74, 6) is 0.561. The molecule has 0 fully saturated rings. The van der Waals surface area contributed by atoms with Gasteiger partial charge in [0.2, 0.25) is 0 Å². The molecule has 0 unspecified atom stereocenters. The van der Waals surface area contributed by atoms with E-state index in [1.807, 2.05) is 26.0 Å². The molecule has 2 aromatic heterocycles. The number of aromatic carboxylic acids is 1. The fourth-order valence-corrected chi connectivity index (χ4v) is 3.96. The van der Waals surface area contributed by atoms with Crippen LogP contribution in [0, 0.1) is 6.92 Å². The van der Waals surface area contributed by atoms with Gasteiger partial charge in [0.15, 0.2) is 0 Å². The molecule has 0 aliphatic carbocycles. The molecule has 8 heteroatoms. The molecule has 0 radical (unpaired) electrons. The molecule has 0 spiro atoms. The second kappa shape index (κ2) is 9.15. The van der Waals surface area contributed by atoms with Gasteiger partial charge in [-0.15, -0.1) is 0 Å². The number of fused-ring (bicyclic) bond motifs is 1. The molecule has 0 bridgehead atoms. The molecule has 0 saturated carbocycles. The SMILES string of the molecule is CC[C@@H](C)c1nc2ccc(Br)cc2c(=O)n1N=Cc1ccc(-c2cccc(C(=O)O)c2C)o1. The van der Waals surface area contributed by atoms with Crippen LogP contribution < -0.4 is 5.56 Å². The monoisotopic (exact) mass is 507 g/mol. The number of carboxylic acid groups (broad SMARTS) is 1. The number of hydrogen-bond acceptors (Lipinski definition) is 5. The second-order valence-electron chi connectivity index (χ2n) is 7.79. The van der Waals surface area contributed by atoms with Gasteiger partial charge in [0.25, 0.3) is 5.56 Å². The third-order valence-corrected chi connectivity index (χ3v) is 6.14. The van der Waals surface area contributed by atoms with Crippen LogP contribution in [0.15, 0.2) is 67.3 Å². The molecule has 2 heterocycles. The molecule has 0 saturated heterocycles. The molecule has 1 N–H and O–H groups in total. The van der Waals surface area contributed by atoms with Crippen LogP contribution in [0.25, 0.3) is 22.2 Å². The highest BCUT2D eigenvalue weighted by atomic mass is 79.9. The third-order valence-electron chi connectivity index (χ3n) is 5.64. The van der Waals surface area contributed by atoms with E-state index in [-0.39, 0.29) is 17.0 Å². The van der Waals surface area contributed by atoms with E-state index in [1.165, 1.54) is 10.9 Å². The van der Waals surface area contributed by atoms with Crippen LogP contribution in [0.2, 0.25) is 0 Å². The normalized spacial score (nSPS) is 12.5. The lowest BCUT2D eigenvalue weighted by molar-refractivity contribution is 0.0696. The van der Waals surface area contributed by atoms with Crippen LogP contribution in [0.5, 0.6) is 0 Å². The van der Waals surface area contributed by atoms with Crippen molar-refractivity contribution in [2.45, 2.75) is 33.1 Å². The molecule has 7 nitrogen and oxygen atoms in total.